The highest BCUT2D eigenvalue weighted by Crippen LogP contribution is 2.12. The van der Waals surface area contributed by atoms with E-state index < -0.39 is 17.2 Å². The van der Waals surface area contributed by atoms with Crippen molar-refractivity contribution in [3.8, 4) is 0 Å². The number of carbonyl (C=O) groups is 1. The quantitative estimate of drug-likeness (QED) is 0.749. The Bertz CT molecular complexity index is 739. The van der Waals surface area contributed by atoms with Gasteiger partial charge in [-0.25, -0.2) is 9.59 Å². The van der Waals surface area contributed by atoms with E-state index >= 15 is 0 Å². The molecule has 1 heterocycles. The summed E-state index contributed by atoms with van der Waals surface area (Å²) in [5.74, 6) is -1.19. The smallest absolute Gasteiger partial charge is 0.336 e. The Morgan fingerprint density at radius 1 is 1.18 bits per heavy atom. The predicted octanol–water partition coefficient (Wildman–Crippen LogP) is -0.0646. The fourth-order valence-corrected chi connectivity index (χ4v) is 1.81. The van der Waals surface area contributed by atoms with Gasteiger partial charge in [0.05, 0.1) is 16.5 Å². The minimum atomic E-state index is -1.19. The molecular weight excluding hydrogens is 224 g/mol. The summed E-state index contributed by atoms with van der Waals surface area (Å²) in [6, 6.07) is 4.39. The van der Waals surface area contributed by atoms with E-state index in [2.05, 4.69) is 0 Å². The minimum Gasteiger partial charge on any atom is -0.478 e. The number of benzene rings is 1. The number of nitrogens with zero attached hydrogens (tertiary/aromatic N) is 2. The van der Waals surface area contributed by atoms with Crippen molar-refractivity contribution in [1.29, 1.82) is 0 Å². The summed E-state index contributed by atoms with van der Waals surface area (Å²) < 4.78 is 2.15. The molecule has 0 unspecified atom stereocenters. The lowest BCUT2D eigenvalue weighted by Gasteiger charge is -2.08. The van der Waals surface area contributed by atoms with Gasteiger partial charge in [0.2, 0.25) is 0 Å². The molecule has 17 heavy (non-hydrogen) atoms. The normalized spacial score (nSPS) is 10.7. The molecule has 1 aromatic carbocycles. The molecular formula is C11H10N2O4. The van der Waals surface area contributed by atoms with Crippen molar-refractivity contribution in [2.45, 2.75) is 0 Å². The van der Waals surface area contributed by atoms with Gasteiger partial charge in [0.1, 0.15) is 0 Å². The van der Waals surface area contributed by atoms with Gasteiger partial charge in [-0.3, -0.25) is 13.9 Å². The van der Waals surface area contributed by atoms with E-state index in [1.54, 1.807) is 6.07 Å². The van der Waals surface area contributed by atoms with Crippen LogP contribution in [-0.4, -0.2) is 20.2 Å². The van der Waals surface area contributed by atoms with Gasteiger partial charge in [0.15, 0.2) is 0 Å². The van der Waals surface area contributed by atoms with E-state index in [0.29, 0.717) is 5.52 Å². The van der Waals surface area contributed by atoms with Crippen molar-refractivity contribution in [3.05, 3.63) is 44.6 Å². The van der Waals surface area contributed by atoms with Crippen molar-refractivity contribution in [2.75, 3.05) is 0 Å². The first-order valence-electron chi connectivity index (χ1n) is 4.87. The van der Waals surface area contributed by atoms with Crippen LogP contribution >= 0.6 is 0 Å². The summed E-state index contributed by atoms with van der Waals surface area (Å²) in [4.78, 5) is 34.6. The van der Waals surface area contributed by atoms with Crippen molar-refractivity contribution in [1.82, 2.24) is 9.13 Å². The lowest BCUT2D eigenvalue weighted by Crippen LogP contribution is -2.37. The van der Waals surface area contributed by atoms with E-state index in [0.717, 1.165) is 4.57 Å². The fourth-order valence-electron chi connectivity index (χ4n) is 1.81. The van der Waals surface area contributed by atoms with Crippen LogP contribution in [0.3, 0.4) is 0 Å². The molecule has 2 rings (SSSR count). The Hall–Kier alpha value is -2.37. The highest BCUT2D eigenvalue weighted by Gasteiger charge is 2.15. The minimum absolute atomic E-state index is 0.0459. The van der Waals surface area contributed by atoms with Gasteiger partial charge in [0.25, 0.3) is 5.56 Å². The maximum Gasteiger partial charge on any atom is 0.336 e. The zero-order valence-electron chi connectivity index (χ0n) is 9.30. The maximum absolute atomic E-state index is 11.9. The van der Waals surface area contributed by atoms with Crippen molar-refractivity contribution < 1.29 is 9.90 Å². The summed E-state index contributed by atoms with van der Waals surface area (Å²) >= 11 is 0. The van der Waals surface area contributed by atoms with Crippen LogP contribution in [0.15, 0.2) is 27.8 Å². The molecule has 0 aliphatic rings. The number of hydrogen-bond donors (Lipinski definition) is 1. The van der Waals surface area contributed by atoms with Crippen LogP contribution in [0.1, 0.15) is 10.4 Å². The second kappa shape index (κ2) is 3.58. The lowest BCUT2D eigenvalue weighted by molar-refractivity contribution is 0.0699. The molecule has 6 nitrogen and oxygen atoms in total. The largest absolute Gasteiger partial charge is 0.478 e. The average molecular weight is 234 g/mol. The molecule has 0 amide bonds. The first kappa shape index (κ1) is 11.1. The van der Waals surface area contributed by atoms with Gasteiger partial charge in [0, 0.05) is 14.1 Å². The molecule has 0 saturated carbocycles. The molecule has 88 valence electrons. The highest BCUT2D eigenvalue weighted by molar-refractivity contribution is 6.02. The molecule has 0 radical (unpaired) electrons. The first-order chi connectivity index (χ1) is 7.95. The lowest BCUT2D eigenvalue weighted by atomic mass is 10.1. The predicted molar refractivity (Wildman–Crippen MR) is 61.4 cm³/mol. The number of fused-ring (bicyclic) bond motifs is 1. The van der Waals surface area contributed by atoms with Gasteiger partial charge in [-0.1, -0.05) is 6.07 Å². The first-order valence-corrected chi connectivity index (χ1v) is 4.87. The van der Waals surface area contributed by atoms with E-state index in [1.165, 1.54) is 30.8 Å². The molecule has 0 atom stereocenters. The van der Waals surface area contributed by atoms with E-state index in [-0.39, 0.29) is 10.9 Å². The van der Waals surface area contributed by atoms with E-state index in [9.17, 15) is 14.4 Å². The molecule has 1 aromatic heterocycles. The van der Waals surface area contributed by atoms with Crippen LogP contribution in [0.5, 0.6) is 0 Å². The molecule has 1 N–H and O–H groups in total. The summed E-state index contributed by atoms with van der Waals surface area (Å²) in [6.07, 6.45) is 0. The highest BCUT2D eigenvalue weighted by atomic mass is 16.4. The van der Waals surface area contributed by atoms with Gasteiger partial charge in [-0.15, -0.1) is 0 Å². The Labute approximate surface area is 95.3 Å². The molecule has 0 fully saturated rings. The van der Waals surface area contributed by atoms with Gasteiger partial charge in [-0.2, -0.15) is 0 Å². The standard InChI is InChI=1S/C11H10N2O4/c1-12-7-5-3-4-6(10(15)16)8(7)9(14)13(2)11(12)17/h3-5H,1-2H3,(H,15,16). The fraction of sp³-hybridized carbons (Fsp3) is 0.182. The maximum atomic E-state index is 11.9. The molecule has 0 aliphatic carbocycles. The number of carboxylic acids is 1. The van der Waals surface area contributed by atoms with Crippen LogP contribution in [0, 0.1) is 0 Å². The third-order valence-electron chi connectivity index (χ3n) is 2.73. The average Bonchev–Trinajstić information content (AvgIpc) is 2.32. The molecule has 0 saturated heterocycles. The monoisotopic (exact) mass is 234 g/mol. The topological polar surface area (TPSA) is 81.3 Å². The SMILES string of the molecule is Cn1c(=O)c2c(C(=O)O)cccc2n(C)c1=O. The molecule has 2 aromatic rings. The number of carboxylic acid groups (broad SMARTS) is 1. The zero-order chi connectivity index (χ0) is 12.7. The number of aromatic carboxylic acids is 1. The molecule has 0 spiro atoms. The number of aryl methyl sites for hydroxylation is 1. The van der Waals surface area contributed by atoms with E-state index in [1.807, 2.05) is 0 Å². The summed E-state index contributed by atoms with van der Waals surface area (Å²) in [5, 5.41) is 9.07. The second-order valence-corrected chi connectivity index (χ2v) is 3.71. The molecule has 6 heteroatoms. The van der Waals surface area contributed by atoms with Crippen LogP contribution < -0.4 is 11.2 Å². The summed E-state index contributed by atoms with van der Waals surface area (Å²) in [7, 11) is 2.82. The van der Waals surface area contributed by atoms with Crippen molar-refractivity contribution >= 4 is 16.9 Å². The van der Waals surface area contributed by atoms with Gasteiger partial charge >= 0.3 is 11.7 Å². The number of hydrogen-bond acceptors (Lipinski definition) is 3. The Morgan fingerprint density at radius 3 is 2.41 bits per heavy atom. The van der Waals surface area contributed by atoms with Crippen LogP contribution in [0.4, 0.5) is 0 Å². The summed E-state index contributed by atoms with van der Waals surface area (Å²) in [6.45, 7) is 0. The molecule has 0 bridgehead atoms. The van der Waals surface area contributed by atoms with Gasteiger partial charge in [-0.05, 0) is 12.1 Å². The molecule has 0 aliphatic heterocycles. The number of aromatic nitrogens is 2. The Morgan fingerprint density at radius 2 is 1.82 bits per heavy atom. The Balaban J connectivity index is 3.18. The summed E-state index contributed by atoms with van der Waals surface area (Å²) in [5.41, 5.74) is -0.858. The van der Waals surface area contributed by atoms with Gasteiger partial charge < -0.3 is 5.11 Å². The van der Waals surface area contributed by atoms with Crippen LogP contribution in [0.25, 0.3) is 10.9 Å². The van der Waals surface area contributed by atoms with E-state index in [4.69, 9.17) is 5.11 Å². The van der Waals surface area contributed by atoms with Crippen LogP contribution in [-0.2, 0) is 14.1 Å². The Kier molecular flexibility index (Phi) is 2.35. The third kappa shape index (κ3) is 1.45. The second-order valence-electron chi connectivity index (χ2n) is 3.71. The third-order valence-corrected chi connectivity index (χ3v) is 2.73. The van der Waals surface area contributed by atoms with Crippen molar-refractivity contribution in [2.24, 2.45) is 14.1 Å². The van der Waals surface area contributed by atoms with Crippen molar-refractivity contribution in [3.63, 3.8) is 0 Å². The zero-order valence-corrected chi connectivity index (χ0v) is 9.30. The van der Waals surface area contributed by atoms with Crippen LogP contribution in [0.2, 0.25) is 0 Å². The number of rotatable bonds is 1.